The van der Waals surface area contributed by atoms with Crippen LogP contribution in [0.15, 0.2) is 73.1 Å². The summed E-state index contributed by atoms with van der Waals surface area (Å²) in [6.45, 7) is 0. The van der Waals surface area contributed by atoms with Crippen molar-refractivity contribution in [3.8, 4) is 0 Å². The molecule has 0 spiro atoms. The predicted molar refractivity (Wildman–Crippen MR) is 125 cm³/mol. The fraction of sp³-hybridized carbons (Fsp3) is 0.259. The Morgan fingerprint density at radius 1 is 1.03 bits per heavy atom. The van der Waals surface area contributed by atoms with Gasteiger partial charge in [-0.25, -0.2) is 10.3 Å². The molecule has 1 aromatic heterocycles. The standard InChI is InChI=1S/C27H26N2O5/c30-24(29-34-26(19-7-2-1-3-8-19)20-10-6-16-28-17-20)15-14-18-9-4-12-22-21(18)11-5-13-23(22)25(31)27(32)33/h1-3,5-8,10-11,13,16-18,26H,4,9,12,14-15H2,(H,29,30)(H,32,33). The first kappa shape index (κ1) is 23.3. The maximum Gasteiger partial charge on any atom is 0.377 e. The molecule has 0 aliphatic heterocycles. The summed E-state index contributed by atoms with van der Waals surface area (Å²) in [4.78, 5) is 45.9. The summed E-state index contributed by atoms with van der Waals surface area (Å²) >= 11 is 0. The van der Waals surface area contributed by atoms with Crippen LogP contribution in [0, 0.1) is 0 Å². The summed E-state index contributed by atoms with van der Waals surface area (Å²) in [5, 5.41) is 9.13. The number of Topliss-reactive ketones (excluding diaryl/α,β-unsaturated/α-hetero) is 1. The lowest BCUT2D eigenvalue weighted by Gasteiger charge is -2.27. The monoisotopic (exact) mass is 458 g/mol. The third kappa shape index (κ3) is 5.38. The van der Waals surface area contributed by atoms with Gasteiger partial charge in [-0.05, 0) is 54.4 Å². The molecule has 7 heteroatoms. The summed E-state index contributed by atoms with van der Waals surface area (Å²) in [7, 11) is 0. The molecule has 2 unspecified atom stereocenters. The molecular formula is C27H26N2O5. The molecule has 1 amide bonds. The first-order chi connectivity index (χ1) is 16.5. The molecule has 2 N–H and O–H groups in total. The number of aromatic nitrogens is 1. The summed E-state index contributed by atoms with van der Waals surface area (Å²) in [5.41, 5.74) is 6.32. The zero-order valence-electron chi connectivity index (χ0n) is 18.6. The molecule has 1 heterocycles. The molecule has 3 aromatic rings. The van der Waals surface area contributed by atoms with Gasteiger partial charge < -0.3 is 5.11 Å². The Hall–Kier alpha value is -3.84. The summed E-state index contributed by atoms with van der Waals surface area (Å²) in [5.74, 6) is -2.49. The van der Waals surface area contributed by atoms with Crippen LogP contribution in [0.2, 0.25) is 0 Å². The smallest absolute Gasteiger partial charge is 0.377 e. The molecule has 1 aliphatic carbocycles. The number of carboxylic acid groups (broad SMARTS) is 1. The van der Waals surface area contributed by atoms with Gasteiger partial charge in [-0.1, -0.05) is 54.6 Å². The number of carbonyl (C=O) groups is 3. The van der Waals surface area contributed by atoms with Crippen LogP contribution < -0.4 is 5.48 Å². The zero-order chi connectivity index (χ0) is 23.9. The predicted octanol–water partition coefficient (Wildman–Crippen LogP) is 4.39. The van der Waals surface area contributed by atoms with E-state index in [4.69, 9.17) is 9.94 Å². The minimum atomic E-state index is -1.45. The van der Waals surface area contributed by atoms with Gasteiger partial charge in [-0.2, -0.15) is 0 Å². The number of benzene rings is 2. The van der Waals surface area contributed by atoms with Gasteiger partial charge in [-0.15, -0.1) is 0 Å². The van der Waals surface area contributed by atoms with Gasteiger partial charge in [0.15, 0.2) is 0 Å². The molecule has 0 fully saturated rings. The lowest BCUT2D eigenvalue weighted by atomic mass is 9.78. The SMILES string of the molecule is O=C(CCC1CCCc2c(C(=O)C(=O)O)cccc21)NOC(c1ccccc1)c1cccnc1. The van der Waals surface area contributed by atoms with Gasteiger partial charge in [-0.3, -0.25) is 19.4 Å². The molecule has 0 saturated carbocycles. The minimum absolute atomic E-state index is 0.0827. The van der Waals surface area contributed by atoms with E-state index in [9.17, 15) is 14.4 Å². The van der Waals surface area contributed by atoms with Crippen LogP contribution in [-0.2, 0) is 20.8 Å². The highest BCUT2D eigenvalue weighted by atomic mass is 16.7. The van der Waals surface area contributed by atoms with Crippen molar-refractivity contribution in [2.45, 2.75) is 44.1 Å². The van der Waals surface area contributed by atoms with E-state index < -0.39 is 17.9 Å². The van der Waals surface area contributed by atoms with Gasteiger partial charge in [0, 0.05) is 29.9 Å². The van der Waals surface area contributed by atoms with Gasteiger partial charge in [0.05, 0.1) is 0 Å². The van der Waals surface area contributed by atoms with Crippen molar-refractivity contribution in [2.24, 2.45) is 0 Å². The van der Waals surface area contributed by atoms with Crippen molar-refractivity contribution < 1.29 is 24.3 Å². The van der Waals surface area contributed by atoms with E-state index in [1.165, 1.54) is 0 Å². The average Bonchev–Trinajstić information content (AvgIpc) is 2.88. The van der Waals surface area contributed by atoms with Crippen LogP contribution in [0.25, 0.3) is 0 Å². The molecular weight excluding hydrogens is 432 g/mol. The maximum absolute atomic E-state index is 12.6. The molecule has 1 aliphatic rings. The largest absolute Gasteiger partial charge is 0.475 e. The Bertz CT molecular complexity index is 1120. The number of hydrogen-bond donors (Lipinski definition) is 2. The van der Waals surface area contributed by atoms with Crippen molar-refractivity contribution in [2.75, 3.05) is 0 Å². The number of hydrogen-bond acceptors (Lipinski definition) is 5. The number of nitrogens with zero attached hydrogens (tertiary/aromatic N) is 1. The van der Waals surface area contributed by atoms with E-state index in [0.29, 0.717) is 12.8 Å². The number of fused-ring (bicyclic) bond motifs is 1. The topological polar surface area (TPSA) is 106 Å². The number of hydroxylamine groups is 1. The molecule has 2 atom stereocenters. The highest BCUT2D eigenvalue weighted by molar-refractivity contribution is 6.40. The second-order valence-electron chi connectivity index (χ2n) is 8.36. The maximum atomic E-state index is 12.6. The number of carboxylic acids is 1. The van der Waals surface area contributed by atoms with E-state index in [1.54, 1.807) is 24.5 Å². The number of amides is 1. The summed E-state index contributed by atoms with van der Waals surface area (Å²) < 4.78 is 0. The number of pyridine rings is 1. The molecule has 174 valence electrons. The molecule has 2 aromatic carbocycles. The highest BCUT2D eigenvalue weighted by Gasteiger charge is 2.27. The fourth-order valence-corrected chi connectivity index (χ4v) is 4.54. The van der Waals surface area contributed by atoms with E-state index >= 15 is 0 Å². The van der Waals surface area contributed by atoms with E-state index in [0.717, 1.165) is 35.1 Å². The Morgan fingerprint density at radius 2 is 1.82 bits per heavy atom. The van der Waals surface area contributed by atoms with Gasteiger partial charge >= 0.3 is 5.97 Å². The van der Waals surface area contributed by atoms with Crippen molar-refractivity contribution in [3.63, 3.8) is 0 Å². The van der Waals surface area contributed by atoms with Crippen LogP contribution in [0.5, 0.6) is 0 Å². The molecule has 0 saturated heterocycles. The Morgan fingerprint density at radius 3 is 2.56 bits per heavy atom. The first-order valence-electron chi connectivity index (χ1n) is 11.3. The normalized spacial score (nSPS) is 15.7. The third-order valence-corrected chi connectivity index (χ3v) is 6.17. The molecule has 34 heavy (non-hydrogen) atoms. The highest BCUT2D eigenvalue weighted by Crippen LogP contribution is 2.36. The van der Waals surface area contributed by atoms with Crippen molar-refractivity contribution in [3.05, 3.63) is 101 Å². The number of ketones is 1. The number of carbonyl (C=O) groups excluding carboxylic acids is 2. The second kappa shape index (κ2) is 10.9. The molecule has 0 radical (unpaired) electrons. The Kier molecular flexibility index (Phi) is 7.44. The number of aliphatic carboxylic acids is 1. The van der Waals surface area contributed by atoms with Crippen molar-refractivity contribution in [1.82, 2.24) is 10.5 Å². The Balaban J connectivity index is 1.41. The van der Waals surface area contributed by atoms with E-state index in [1.807, 2.05) is 48.5 Å². The van der Waals surface area contributed by atoms with Crippen molar-refractivity contribution in [1.29, 1.82) is 0 Å². The van der Waals surface area contributed by atoms with E-state index in [2.05, 4.69) is 10.5 Å². The average molecular weight is 459 g/mol. The number of nitrogens with one attached hydrogen (secondary N) is 1. The number of rotatable bonds is 9. The quantitative estimate of drug-likeness (QED) is 0.280. The van der Waals surface area contributed by atoms with Gasteiger partial charge in [0.25, 0.3) is 5.78 Å². The van der Waals surface area contributed by atoms with E-state index in [-0.39, 0.29) is 23.8 Å². The lowest BCUT2D eigenvalue weighted by molar-refractivity contribution is -0.137. The third-order valence-electron chi connectivity index (χ3n) is 6.17. The first-order valence-corrected chi connectivity index (χ1v) is 11.3. The van der Waals surface area contributed by atoms with Crippen molar-refractivity contribution >= 4 is 17.7 Å². The molecule has 0 bridgehead atoms. The van der Waals surface area contributed by atoms with Crippen LogP contribution in [0.1, 0.15) is 70.3 Å². The van der Waals surface area contributed by atoms with Crippen LogP contribution in [0.3, 0.4) is 0 Å². The van der Waals surface area contributed by atoms with Gasteiger partial charge in [0.2, 0.25) is 5.91 Å². The van der Waals surface area contributed by atoms with Crippen LogP contribution >= 0.6 is 0 Å². The summed E-state index contributed by atoms with van der Waals surface area (Å²) in [6, 6.07) is 18.5. The summed E-state index contributed by atoms with van der Waals surface area (Å²) in [6.07, 6.45) is 6.12. The lowest BCUT2D eigenvalue weighted by Crippen LogP contribution is -2.27. The molecule has 4 rings (SSSR count). The van der Waals surface area contributed by atoms with Gasteiger partial charge in [0.1, 0.15) is 6.10 Å². The van der Waals surface area contributed by atoms with Crippen LogP contribution in [-0.4, -0.2) is 27.8 Å². The second-order valence-corrected chi connectivity index (χ2v) is 8.36. The molecule has 7 nitrogen and oxygen atoms in total. The Labute approximate surface area is 197 Å². The van der Waals surface area contributed by atoms with Crippen LogP contribution in [0.4, 0.5) is 0 Å². The zero-order valence-corrected chi connectivity index (χ0v) is 18.6. The fourth-order valence-electron chi connectivity index (χ4n) is 4.54. The minimum Gasteiger partial charge on any atom is -0.475 e.